The van der Waals surface area contributed by atoms with Gasteiger partial charge in [-0.2, -0.15) is 0 Å². The molecule has 0 unspecified atom stereocenters. The number of ether oxygens (including phenoxy) is 1. The van der Waals surface area contributed by atoms with Crippen LogP contribution < -0.4 is 0 Å². The largest absolute Gasteiger partial charge is 1.00 e. The molecule has 0 heterocycles. The molecule has 0 fully saturated rings. The van der Waals surface area contributed by atoms with E-state index in [0.29, 0.717) is 6.61 Å². The van der Waals surface area contributed by atoms with Gasteiger partial charge >= 0.3 is 22.4 Å². The summed E-state index contributed by atoms with van der Waals surface area (Å²) in [6.07, 6.45) is 1.94. The minimum absolute atomic E-state index is 0. The van der Waals surface area contributed by atoms with Crippen molar-refractivity contribution in [1.29, 1.82) is 0 Å². The van der Waals surface area contributed by atoms with Gasteiger partial charge in [0, 0.05) is 0 Å². The van der Waals surface area contributed by atoms with Crippen molar-refractivity contribution in [2.75, 3.05) is 6.61 Å². The molecule has 0 saturated carbocycles. The molecule has 58 valence electrons. The standard InChI is InChI=1S/C5H10O2S.Au/c1-2-3-4-7-5(6)8;/h2-4H2,1H3,(H,6,8);/q;+1/p-1. The average molecular weight is 330 g/mol. The van der Waals surface area contributed by atoms with E-state index in [1.54, 1.807) is 0 Å². The van der Waals surface area contributed by atoms with Crippen molar-refractivity contribution in [1.82, 2.24) is 0 Å². The van der Waals surface area contributed by atoms with Gasteiger partial charge in [0.15, 0.2) is 5.30 Å². The maximum Gasteiger partial charge on any atom is 1.00 e. The molecular weight excluding hydrogens is 321 g/mol. The molecule has 0 rings (SSSR count). The summed E-state index contributed by atoms with van der Waals surface area (Å²) in [5, 5.41) is -0.599. The third-order valence-electron chi connectivity index (χ3n) is 0.718. The average Bonchev–Trinajstić information content (AvgIpc) is 1.66. The Labute approximate surface area is 76.3 Å². The maximum absolute atomic E-state index is 9.91. The molecule has 4 heteroatoms. The molecule has 0 atom stereocenters. The van der Waals surface area contributed by atoms with Crippen LogP contribution in [-0.2, 0) is 39.7 Å². The molecule has 0 aromatic carbocycles. The summed E-state index contributed by atoms with van der Waals surface area (Å²) in [6.45, 7) is 2.50. The quantitative estimate of drug-likeness (QED) is 0.339. The first kappa shape index (κ1) is 12.1. The van der Waals surface area contributed by atoms with Crippen LogP contribution in [0.1, 0.15) is 19.8 Å². The van der Waals surface area contributed by atoms with Crippen molar-refractivity contribution >= 4 is 17.9 Å². The van der Waals surface area contributed by atoms with Crippen molar-refractivity contribution < 1.29 is 31.9 Å². The molecule has 0 amide bonds. The van der Waals surface area contributed by atoms with E-state index in [0.717, 1.165) is 12.8 Å². The fourth-order valence-electron chi connectivity index (χ4n) is 0.300. The molecule has 0 aliphatic rings. The molecule has 0 saturated heterocycles. The van der Waals surface area contributed by atoms with Gasteiger partial charge in [-0.1, -0.05) is 13.3 Å². The minimum Gasteiger partial charge on any atom is -0.698 e. The van der Waals surface area contributed by atoms with Gasteiger partial charge in [0.2, 0.25) is 0 Å². The SMILES string of the molecule is CCCCOC(=O)[S-].[Au+]. The summed E-state index contributed by atoms with van der Waals surface area (Å²) in [7, 11) is 0. The second-order valence-corrected chi connectivity index (χ2v) is 1.79. The van der Waals surface area contributed by atoms with Crippen LogP contribution in [0.15, 0.2) is 0 Å². The van der Waals surface area contributed by atoms with Gasteiger partial charge in [0.05, 0.1) is 6.61 Å². The zero-order valence-corrected chi connectivity index (χ0v) is 8.13. The van der Waals surface area contributed by atoms with Gasteiger partial charge in [-0.3, -0.25) is 4.79 Å². The summed E-state index contributed by atoms with van der Waals surface area (Å²) in [5.74, 6) is 0. The third kappa shape index (κ3) is 11.8. The molecule has 0 aromatic heterocycles. The minimum atomic E-state index is -0.599. The Hall–Kier alpha value is 0.430. The summed E-state index contributed by atoms with van der Waals surface area (Å²) in [4.78, 5) is 9.91. The third-order valence-corrected chi connectivity index (χ3v) is 0.836. The van der Waals surface area contributed by atoms with Gasteiger partial charge in [-0.25, -0.2) is 0 Å². The molecule has 0 aliphatic carbocycles. The van der Waals surface area contributed by atoms with Crippen LogP contribution in [-0.4, -0.2) is 11.9 Å². The van der Waals surface area contributed by atoms with E-state index < -0.39 is 5.30 Å². The van der Waals surface area contributed by atoms with Crippen LogP contribution >= 0.6 is 0 Å². The van der Waals surface area contributed by atoms with Crippen LogP contribution in [0, 0.1) is 0 Å². The Morgan fingerprint density at radius 1 is 1.67 bits per heavy atom. The van der Waals surface area contributed by atoms with E-state index in [2.05, 4.69) is 17.4 Å². The van der Waals surface area contributed by atoms with E-state index in [1.807, 2.05) is 6.92 Å². The Kier molecular flexibility index (Phi) is 11.4. The normalized spacial score (nSPS) is 7.67. The maximum atomic E-state index is 9.91. The van der Waals surface area contributed by atoms with Crippen LogP contribution in [0.4, 0.5) is 4.79 Å². The summed E-state index contributed by atoms with van der Waals surface area (Å²) < 4.78 is 4.46. The van der Waals surface area contributed by atoms with E-state index in [4.69, 9.17) is 0 Å². The molecule has 0 radical (unpaired) electrons. The van der Waals surface area contributed by atoms with Gasteiger partial charge in [-0.05, 0) is 6.42 Å². The number of rotatable bonds is 3. The van der Waals surface area contributed by atoms with Crippen molar-refractivity contribution in [3.8, 4) is 0 Å². The molecule has 9 heavy (non-hydrogen) atoms. The molecule has 0 aromatic rings. The van der Waals surface area contributed by atoms with Gasteiger partial charge in [0.25, 0.3) is 0 Å². The van der Waals surface area contributed by atoms with E-state index in [9.17, 15) is 4.79 Å². The van der Waals surface area contributed by atoms with Crippen LogP contribution in [0.25, 0.3) is 0 Å². The number of carbonyl (C=O) groups is 1. The van der Waals surface area contributed by atoms with Crippen molar-refractivity contribution in [2.45, 2.75) is 19.8 Å². The molecule has 2 nitrogen and oxygen atoms in total. The van der Waals surface area contributed by atoms with E-state index in [-0.39, 0.29) is 22.4 Å². The predicted octanol–water partition coefficient (Wildman–Crippen LogP) is 1.47. The Bertz CT molecular complexity index is 77.4. The van der Waals surface area contributed by atoms with Crippen LogP contribution in [0.2, 0.25) is 0 Å². The Balaban J connectivity index is 0. The smallest absolute Gasteiger partial charge is 0.698 e. The topological polar surface area (TPSA) is 26.3 Å². The summed E-state index contributed by atoms with van der Waals surface area (Å²) in [5.41, 5.74) is 0. The first-order valence-corrected chi connectivity index (χ1v) is 3.02. The second-order valence-electron chi connectivity index (χ2n) is 1.45. The Morgan fingerprint density at radius 3 is 2.56 bits per heavy atom. The molecular formula is C5H9AuO2S. The van der Waals surface area contributed by atoms with Crippen molar-refractivity contribution in [3.63, 3.8) is 0 Å². The first-order valence-electron chi connectivity index (χ1n) is 2.61. The fourth-order valence-corrected chi connectivity index (χ4v) is 0.383. The number of hydrogen-bond acceptors (Lipinski definition) is 3. The molecule has 0 bridgehead atoms. The van der Waals surface area contributed by atoms with E-state index in [1.165, 1.54) is 0 Å². The predicted molar refractivity (Wildman–Crippen MR) is 33.6 cm³/mol. The first-order chi connectivity index (χ1) is 3.77. The number of carbonyl (C=O) groups excluding carboxylic acids is 1. The number of hydrogen-bond donors (Lipinski definition) is 0. The summed E-state index contributed by atoms with van der Waals surface area (Å²) >= 11 is 4.13. The van der Waals surface area contributed by atoms with Crippen LogP contribution in [0.5, 0.6) is 0 Å². The Morgan fingerprint density at radius 2 is 2.22 bits per heavy atom. The van der Waals surface area contributed by atoms with E-state index >= 15 is 0 Å². The van der Waals surface area contributed by atoms with Crippen molar-refractivity contribution in [3.05, 3.63) is 0 Å². The molecule has 0 aliphatic heterocycles. The molecule has 0 N–H and O–H groups in total. The zero-order chi connectivity index (χ0) is 6.41. The van der Waals surface area contributed by atoms with Gasteiger partial charge in [0.1, 0.15) is 0 Å². The second kappa shape index (κ2) is 8.43. The monoisotopic (exact) mass is 330 g/mol. The van der Waals surface area contributed by atoms with Crippen LogP contribution in [0.3, 0.4) is 0 Å². The van der Waals surface area contributed by atoms with Gasteiger partial charge < -0.3 is 17.4 Å². The summed E-state index contributed by atoms with van der Waals surface area (Å²) in [6, 6.07) is 0. The van der Waals surface area contributed by atoms with Gasteiger partial charge in [-0.15, -0.1) is 0 Å². The molecule has 0 spiro atoms. The number of unbranched alkanes of at least 4 members (excludes halogenated alkanes) is 1. The fraction of sp³-hybridized carbons (Fsp3) is 0.800. The zero-order valence-electron chi connectivity index (χ0n) is 5.15. The van der Waals surface area contributed by atoms with Crippen molar-refractivity contribution in [2.24, 2.45) is 0 Å².